The Morgan fingerprint density at radius 2 is 2.29 bits per heavy atom. The Morgan fingerprint density at radius 3 is 2.76 bits per heavy atom. The third-order valence-electron chi connectivity index (χ3n) is 2.40. The minimum atomic E-state index is -0.568. The van der Waals surface area contributed by atoms with E-state index < -0.39 is 6.04 Å². The summed E-state index contributed by atoms with van der Waals surface area (Å²) < 4.78 is 0. The predicted octanol–water partition coefficient (Wildman–Crippen LogP) is 1.90. The molecule has 1 unspecified atom stereocenters. The first-order valence-corrected chi connectivity index (χ1v) is 6.39. The van der Waals surface area contributed by atoms with Crippen LogP contribution in [0.3, 0.4) is 0 Å². The molecule has 1 aromatic heterocycles. The molecule has 0 aliphatic carbocycles. The average Bonchev–Trinajstić information content (AvgIpc) is 2.66. The first-order chi connectivity index (χ1) is 7.84. The molecule has 0 radical (unpaired) electrons. The van der Waals surface area contributed by atoms with Crippen LogP contribution in [0.5, 0.6) is 0 Å². The molecule has 17 heavy (non-hydrogen) atoms. The van der Waals surface area contributed by atoms with E-state index in [1.165, 1.54) is 11.3 Å². The Balaban J connectivity index is 2.68. The van der Waals surface area contributed by atoms with Crippen LogP contribution in [0.15, 0.2) is 5.38 Å². The molecule has 1 heterocycles. The summed E-state index contributed by atoms with van der Waals surface area (Å²) in [5, 5.41) is 2.81. The molecule has 0 spiro atoms. The van der Waals surface area contributed by atoms with Gasteiger partial charge in [-0.15, -0.1) is 23.7 Å². The van der Waals surface area contributed by atoms with E-state index in [1.807, 2.05) is 5.38 Å². The molecule has 92 valence electrons. The van der Waals surface area contributed by atoms with E-state index in [9.17, 15) is 4.79 Å². The number of nitrogens with two attached hydrogens (primary N) is 1. The average molecular weight is 250 g/mol. The van der Waals surface area contributed by atoms with Crippen LogP contribution in [-0.4, -0.2) is 16.8 Å². The molecule has 0 fully saturated rings. The minimum absolute atomic E-state index is 0.0126. The van der Waals surface area contributed by atoms with Gasteiger partial charge in [-0.25, -0.2) is 4.98 Å². The molecule has 4 heteroatoms. The molecular weight excluding hydrogens is 232 g/mol. The van der Waals surface area contributed by atoms with Gasteiger partial charge in [-0.1, -0.05) is 20.8 Å². The van der Waals surface area contributed by atoms with E-state index in [2.05, 4.69) is 31.7 Å². The molecule has 1 rings (SSSR count). The van der Waals surface area contributed by atoms with Crippen LogP contribution in [0.2, 0.25) is 0 Å². The Hall–Kier alpha value is -1.18. The topological polar surface area (TPSA) is 56.0 Å². The van der Waals surface area contributed by atoms with E-state index >= 15 is 0 Å². The minimum Gasteiger partial charge on any atom is -0.321 e. The largest absolute Gasteiger partial charge is 0.321 e. The highest BCUT2D eigenvalue weighted by molar-refractivity contribution is 7.09. The summed E-state index contributed by atoms with van der Waals surface area (Å²) in [5.74, 6) is 2.36. The van der Waals surface area contributed by atoms with Gasteiger partial charge in [0, 0.05) is 17.2 Å². The number of ketones is 1. The van der Waals surface area contributed by atoms with Crippen molar-refractivity contribution in [3.8, 4) is 12.3 Å². The monoisotopic (exact) mass is 250 g/mol. The lowest BCUT2D eigenvalue weighted by Gasteiger charge is -2.14. The van der Waals surface area contributed by atoms with Crippen LogP contribution >= 0.6 is 11.3 Å². The fourth-order valence-corrected chi connectivity index (χ4v) is 2.29. The van der Waals surface area contributed by atoms with Gasteiger partial charge in [0.05, 0.1) is 18.2 Å². The van der Waals surface area contributed by atoms with Crippen molar-refractivity contribution in [2.45, 2.75) is 45.1 Å². The highest BCUT2D eigenvalue weighted by Gasteiger charge is 2.19. The van der Waals surface area contributed by atoms with Crippen molar-refractivity contribution in [3.05, 3.63) is 16.1 Å². The third kappa shape index (κ3) is 3.95. The number of carbonyl (C=O) groups excluding carboxylic acids is 1. The van der Waals surface area contributed by atoms with Crippen LogP contribution in [0.1, 0.15) is 37.9 Å². The van der Waals surface area contributed by atoms with Crippen LogP contribution < -0.4 is 5.73 Å². The number of thiazole rings is 1. The SMILES string of the molecule is C#CCC(N)C(=O)Cc1nc(C(C)(C)C)cs1. The van der Waals surface area contributed by atoms with Crippen LogP contribution in [0.25, 0.3) is 0 Å². The van der Waals surface area contributed by atoms with Crippen LogP contribution in [0, 0.1) is 12.3 Å². The van der Waals surface area contributed by atoms with E-state index in [1.54, 1.807) is 0 Å². The maximum Gasteiger partial charge on any atom is 0.157 e. The molecule has 1 atom stereocenters. The summed E-state index contributed by atoms with van der Waals surface area (Å²) >= 11 is 1.50. The van der Waals surface area contributed by atoms with Gasteiger partial charge < -0.3 is 5.73 Å². The van der Waals surface area contributed by atoms with Crippen molar-refractivity contribution in [1.29, 1.82) is 0 Å². The summed E-state index contributed by atoms with van der Waals surface area (Å²) in [4.78, 5) is 16.2. The van der Waals surface area contributed by atoms with Crippen molar-refractivity contribution < 1.29 is 4.79 Å². The molecule has 2 N–H and O–H groups in total. The summed E-state index contributed by atoms with van der Waals surface area (Å²) in [7, 11) is 0. The van der Waals surface area contributed by atoms with Gasteiger partial charge in [-0.2, -0.15) is 0 Å². The number of aromatic nitrogens is 1. The molecule has 0 saturated heterocycles. The molecule has 0 aromatic carbocycles. The molecule has 0 bridgehead atoms. The van der Waals surface area contributed by atoms with Gasteiger partial charge in [-0.3, -0.25) is 4.79 Å². The van der Waals surface area contributed by atoms with Gasteiger partial charge in [0.25, 0.3) is 0 Å². The zero-order chi connectivity index (χ0) is 13.1. The van der Waals surface area contributed by atoms with Gasteiger partial charge in [0.2, 0.25) is 0 Å². The zero-order valence-electron chi connectivity index (χ0n) is 10.5. The number of carbonyl (C=O) groups is 1. The van der Waals surface area contributed by atoms with E-state index in [4.69, 9.17) is 12.2 Å². The van der Waals surface area contributed by atoms with Gasteiger partial charge in [-0.05, 0) is 0 Å². The Morgan fingerprint density at radius 1 is 1.65 bits per heavy atom. The highest BCUT2D eigenvalue weighted by atomic mass is 32.1. The predicted molar refractivity (Wildman–Crippen MR) is 71.0 cm³/mol. The molecule has 1 aromatic rings. The number of rotatable bonds is 4. The number of nitrogens with zero attached hydrogens (tertiary/aromatic N) is 1. The van der Waals surface area contributed by atoms with Crippen molar-refractivity contribution in [3.63, 3.8) is 0 Å². The molecule has 0 amide bonds. The second-order valence-electron chi connectivity index (χ2n) is 5.03. The number of hydrogen-bond donors (Lipinski definition) is 1. The quantitative estimate of drug-likeness (QED) is 0.830. The molecule has 3 nitrogen and oxygen atoms in total. The lowest BCUT2D eigenvalue weighted by Crippen LogP contribution is -2.31. The lowest BCUT2D eigenvalue weighted by atomic mass is 9.93. The van der Waals surface area contributed by atoms with E-state index in [0.717, 1.165) is 10.7 Å². The van der Waals surface area contributed by atoms with E-state index in [-0.39, 0.29) is 24.0 Å². The van der Waals surface area contributed by atoms with Gasteiger partial charge in [0.15, 0.2) is 5.78 Å². The fourth-order valence-electron chi connectivity index (χ4n) is 1.26. The molecule has 0 aliphatic heterocycles. The standard InChI is InChI=1S/C13H18N2OS/c1-5-6-9(14)10(16)7-12-15-11(8-17-12)13(2,3)4/h1,8-9H,6-7,14H2,2-4H3. The number of terminal acetylenes is 1. The normalized spacial score (nSPS) is 13.1. The Bertz CT molecular complexity index is 437. The zero-order valence-corrected chi connectivity index (χ0v) is 11.3. The van der Waals surface area contributed by atoms with Crippen LogP contribution in [0.4, 0.5) is 0 Å². The van der Waals surface area contributed by atoms with Crippen molar-refractivity contribution in [2.75, 3.05) is 0 Å². The van der Waals surface area contributed by atoms with Gasteiger partial charge in [0.1, 0.15) is 5.01 Å². The van der Waals surface area contributed by atoms with Crippen molar-refractivity contribution in [2.24, 2.45) is 5.73 Å². The summed E-state index contributed by atoms with van der Waals surface area (Å²) in [6.07, 6.45) is 5.70. The van der Waals surface area contributed by atoms with Crippen molar-refractivity contribution >= 4 is 17.1 Å². The third-order valence-corrected chi connectivity index (χ3v) is 3.25. The van der Waals surface area contributed by atoms with Crippen molar-refractivity contribution in [1.82, 2.24) is 4.98 Å². The second-order valence-corrected chi connectivity index (χ2v) is 5.98. The number of Topliss-reactive ketones (excluding diaryl/α,β-unsaturated/α-hetero) is 1. The summed E-state index contributed by atoms with van der Waals surface area (Å²) in [5.41, 5.74) is 6.68. The lowest BCUT2D eigenvalue weighted by molar-refractivity contribution is -0.119. The molecule has 0 saturated carbocycles. The van der Waals surface area contributed by atoms with E-state index in [0.29, 0.717) is 0 Å². The summed E-state index contributed by atoms with van der Waals surface area (Å²) in [6, 6.07) is -0.568. The maximum atomic E-state index is 11.7. The first kappa shape index (κ1) is 13.9. The Kier molecular flexibility index (Phi) is 4.44. The number of hydrogen-bond acceptors (Lipinski definition) is 4. The molecular formula is C13H18N2OS. The highest BCUT2D eigenvalue weighted by Crippen LogP contribution is 2.24. The fraction of sp³-hybridized carbons (Fsp3) is 0.538. The smallest absolute Gasteiger partial charge is 0.157 e. The maximum absolute atomic E-state index is 11.7. The molecule has 0 aliphatic rings. The Labute approximate surface area is 106 Å². The summed E-state index contributed by atoms with van der Waals surface area (Å²) in [6.45, 7) is 6.28. The second kappa shape index (κ2) is 5.44. The van der Waals surface area contributed by atoms with Crippen LogP contribution in [-0.2, 0) is 16.6 Å². The first-order valence-electron chi connectivity index (χ1n) is 5.51. The van der Waals surface area contributed by atoms with Gasteiger partial charge >= 0.3 is 0 Å².